The first-order valence-electron chi connectivity index (χ1n) is 5.98. The number of aromatic nitrogens is 4. The summed E-state index contributed by atoms with van der Waals surface area (Å²) in [5.41, 5.74) is 0.743. The van der Waals surface area contributed by atoms with Gasteiger partial charge in [-0.2, -0.15) is 0 Å². The van der Waals surface area contributed by atoms with E-state index in [1.165, 1.54) is 4.68 Å². The van der Waals surface area contributed by atoms with E-state index in [-0.39, 0.29) is 12.5 Å². The minimum atomic E-state index is -0.882. The van der Waals surface area contributed by atoms with E-state index in [1.54, 1.807) is 12.1 Å². The van der Waals surface area contributed by atoms with Gasteiger partial charge in [0.1, 0.15) is 0 Å². The molecule has 8 heteroatoms. The van der Waals surface area contributed by atoms with Crippen molar-refractivity contribution in [3.63, 3.8) is 0 Å². The van der Waals surface area contributed by atoms with E-state index >= 15 is 0 Å². The van der Waals surface area contributed by atoms with Crippen LogP contribution in [-0.4, -0.2) is 31.3 Å². The molecule has 106 valence electrons. The van der Waals surface area contributed by atoms with Crippen molar-refractivity contribution in [1.82, 2.24) is 20.2 Å². The molecule has 6 nitrogen and oxygen atoms in total. The summed E-state index contributed by atoms with van der Waals surface area (Å²) < 4.78 is 2.31. The highest BCUT2D eigenvalue weighted by atomic mass is 79.9. The van der Waals surface area contributed by atoms with Gasteiger partial charge in [-0.15, -0.1) is 5.10 Å². The third-order valence-corrected chi connectivity index (χ3v) is 4.13. The maximum absolute atomic E-state index is 10.9. The van der Waals surface area contributed by atoms with E-state index in [2.05, 4.69) is 31.5 Å². The molecule has 20 heavy (non-hydrogen) atoms. The van der Waals surface area contributed by atoms with E-state index in [0.29, 0.717) is 17.3 Å². The topological polar surface area (TPSA) is 80.9 Å². The zero-order chi connectivity index (χ0) is 14.7. The average Bonchev–Trinajstić information content (AvgIpc) is 2.88. The second kappa shape index (κ2) is 6.32. The fourth-order valence-electron chi connectivity index (χ4n) is 1.87. The van der Waals surface area contributed by atoms with Crippen LogP contribution in [-0.2, 0) is 4.79 Å². The molecule has 1 aromatic heterocycles. The smallest absolute Gasteiger partial charge is 0.305 e. The molecule has 0 saturated heterocycles. The predicted molar refractivity (Wildman–Crippen MR) is 77.5 cm³/mol. The maximum Gasteiger partial charge on any atom is 0.305 e. The Kier molecular flexibility index (Phi) is 4.72. The Morgan fingerprint density at radius 2 is 2.30 bits per heavy atom. The van der Waals surface area contributed by atoms with Crippen LogP contribution in [0.15, 0.2) is 22.7 Å². The molecule has 0 spiro atoms. The van der Waals surface area contributed by atoms with Crippen molar-refractivity contribution in [3.05, 3.63) is 27.7 Å². The Bertz CT molecular complexity index is 632. The van der Waals surface area contributed by atoms with Gasteiger partial charge >= 0.3 is 5.97 Å². The summed E-state index contributed by atoms with van der Waals surface area (Å²) in [6.07, 6.45) is 0.591. The highest BCUT2D eigenvalue weighted by Gasteiger charge is 2.20. The van der Waals surface area contributed by atoms with Gasteiger partial charge < -0.3 is 5.11 Å². The monoisotopic (exact) mass is 358 g/mol. The number of carboxylic acid groups (broad SMARTS) is 1. The van der Waals surface area contributed by atoms with Crippen LogP contribution in [0.2, 0.25) is 5.02 Å². The number of rotatable bonds is 5. The number of carbonyl (C=O) groups is 1. The first kappa shape index (κ1) is 14.9. The van der Waals surface area contributed by atoms with Gasteiger partial charge in [-0.05, 0) is 51.0 Å². The predicted octanol–water partition coefficient (Wildman–Crippen LogP) is 3.18. The highest BCUT2D eigenvalue weighted by Crippen LogP contribution is 2.29. The third kappa shape index (κ3) is 3.16. The zero-order valence-electron chi connectivity index (χ0n) is 10.6. The SMILES string of the molecule is CCC(CC(=O)O)n1nnnc1-c1ccc(Br)c(Cl)c1. The number of hydrogen-bond acceptors (Lipinski definition) is 4. The van der Waals surface area contributed by atoms with Crippen LogP contribution >= 0.6 is 27.5 Å². The Morgan fingerprint density at radius 3 is 2.90 bits per heavy atom. The molecule has 1 N–H and O–H groups in total. The van der Waals surface area contributed by atoms with Crippen molar-refractivity contribution in [2.45, 2.75) is 25.8 Å². The molecule has 0 aliphatic rings. The molecule has 1 heterocycles. The van der Waals surface area contributed by atoms with Gasteiger partial charge in [0, 0.05) is 10.0 Å². The Hall–Kier alpha value is -1.47. The van der Waals surface area contributed by atoms with E-state index in [0.717, 1.165) is 10.0 Å². The lowest BCUT2D eigenvalue weighted by Crippen LogP contribution is -2.15. The standard InChI is InChI=1S/C12H12BrClN4O2/c1-2-8(6-11(19)20)18-12(15-16-17-18)7-3-4-9(13)10(14)5-7/h3-5,8H,2,6H2,1H3,(H,19,20). The second-order valence-corrected chi connectivity index (χ2v) is 5.50. The van der Waals surface area contributed by atoms with Crippen molar-refractivity contribution >= 4 is 33.5 Å². The lowest BCUT2D eigenvalue weighted by Gasteiger charge is -2.14. The molecule has 1 atom stereocenters. The number of tetrazole rings is 1. The van der Waals surface area contributed by atoms with Crippen molar-refractivity contribution in [2.75, 3.05) is 0 Å². The molecule has 0 fully saturated rings. The lowest BCUT2D eigenvalue weighted by molar-refractivity contribution is -0.138. The molecule has 2 rings (SSSR count). The molecular weight excluding hydrogens is 348 g/mol. The molecule has 0 amide bonds. The van der Waals surface area contributed by atoms with Gasteiger partial charge in [-0.1, -0.05) is 18.5 Å². The molecule has 1 unspecified atom stereocenters. The molecule has 0 radical (unpaired) electrons. The Balaban J connectivity index is 2.40. The van der Waals surface area contributed by atoms with Gasteiger partial charge in [-0.25, -0.2) is 4.68 Å². The fourth-order valence-corrected chi connectivity index (χ4v) is 2.30. The summed E-state index contributed by atoms with van der Waals surface area (Å²) in [4.78, 5) is 10.9. The van der Waals surface area contributed by atoms with Crippen LogP contribution in [0.25, 0.3) is 11.4 Å². The van der Waals surface area contributed by atoms with E-state index in [4.69, 9.17) is 16.7 Å². The van der Waals surface area contributed by atoms with Crippen LogP contribution < -0.4 is 0 Å². The quantitative estimate of drug-likeness (QED) is 0.886. The molecule has 0 saturated carbocycles. The number of halogens is 2. The van der Waals surface area contributed by atoms with Crippen LogP contribution in [0.1, 0.15) is 25.8 Å². The molecule has 0 aliphatic heterocycles. The molecule has 0 bridgehead atoms. The molecule has 1 aromatic carbocycles. The number of nitrogens with zero attached hydrogens (tertiary/aromatic N) is 4. The maximum atomic E-state index is 10.9. The van der Waals surface area contributed by atoms with E-state index in [1.807, 2.05) is 13.0 Å². The normalized spacial score (nSPS) is 12.3. The van der Waals surface area contributed by atoms with Crippen LogP contribution in [0.4, 0.5) is 0 Å². The first-order valence-corrected chi connectivity index (χ1v) is 7.15. The van der Waals surface area contributed by atoms with Crippen LogP contribution in [0.5, 0.6) is 0 Å². The van der Waals surface area contributed by atoms with Crippen LogP contribution in [0.3, 0.4) is 0 Å². The number of carboxylic acids is 1. The molecule has 2 aromatic rings. The second-order valence-electron chi connectivity index (χ2n) is 4.24. The summed E-state index contributed by atoms with van der Waals surface area (Å²) >= 11 is 9.38. The summed E-state index contributed by atoms with van der Waals surface area (Å²) in [6, 6.07) is 5.07. The third-order valence-electron chi connectivity index (χ3n) is 2.90. The minimum absolute atomic E-state index is 0.0290. The number of benzene rings is 1. The minimum Gasteiger partial charge on any atom is -0.481 e. The summed E-state index contributed by atoms with van der Waals surface area (Å²) in [7, 11) is 0. The molecular formula is C12H12BrClN4O2. The van der Waals surface area contributed by atoms with E-state index < -0.39 is 5.97 Å². The van der Waals surface area contributed by atoms with Gasteiger partial charge in [0.25, 0.3) is 0 Å². The number of hydrogen-bond donors (Lipinski definition) is 1. The average molecular weight is 360 g/mol. The first-order chi connectivity index (χ1) is 9.52. The largest absolute Gasteiger partial charge is 0.481 e. The van der Waals surface area contributed by atoms with Crippen molar-refractivity contribution in [1.29, 1.82) is 0 Å². The lowest BCUT2D eigenvalue weighted by atomic mass is 10.1. The zero-order valence-corrected chi connectivity index (χ0v) is 13.0. The summed E-state index contributed by atoms with van der Waals surface area (Å²) in [5, 5.41) is 21.0. The van der Waals surface area contributed by atoms with Crippen molar-refractivity contribution in [3.8, 4) is 11.4 Å². The fraction of sp³-hybridized carbons (Fsp3) is 0.333. The number of aliphatic carboxylic acids is 1. The highest BCUT2D eigenvalue weighted by molar-refractivity contribution is 9.10. The van der Waals surface area contributed by atoms with Crippen molar-refractivity contribution in [2.24, 2.45) is 0 Å². The van der Waals surface area contributed by atoms with Crippen molar-refractivity contribution < 1.29 is 9.90 Å². The Morgan fingerprint density at radius 1 is 1.55 bits per heavy atom. The van der Waals surface area contributed by atoms with Gasteiger partial charge in [0.05, 0.1) is 17.5 Å². The Labute approximate surface area is 128 Å². The summed E-state index contributed by atoms with van der Waals surface area (Å²) in [5.74, 6) is -0.375. The summed E-state index contributed by atoms with van der Waals surface area (Å²) in [6.45, 7) is 1.90. The molecule has 0 aliphatic carbocycles. The van der Waals surface area contributed by atoms with Crippen LogP contribution in [0, 0.1) is 0 Å². The van der Waals surface area contributed by atoms with Gasteiger partial charge in [-0.3, -0.25) is 4.79 Å². The van der Waals surface area contributed by atoms with Gasteiger partial charge in [0.2, 0.25) is 0 Å². The van der Waals surface area contributed by atoms with Gasteiger partial charge in [0.15, 0.2) is 5.82 Å². The van der Waals surface area contributed by atoms with E-state index in [9.17, 15) is 4.79 Å².